The number of hydrogen-bond donors (Lipinski definition) is 3. The summed E-state index contributed by atoms with van der Waals surface area (Å²) in [5, 5.41) is 10.1. The summed E-state index contributed by atoms with van der Waals surface area (Å²) in [6.07, 6.45) is 0.363. The minimum absolute atomic E-state index is 0.0466. The quantitative estimate of drug-likeness (QED) is 0.243. The third kappa shape index (κ3) is 6.97. The number of carbonyl (C=O) groups is 1. The van der Waals surface area contributed by atoms with Gasteiger partial charge in [0.25, 0.3) is 6.43 Å². The zero-order valence-corrected chi connectivity index (χ0v) is 24.2. The second-order valence-electron chi connectivity index (χ2n) is 10.7. The van der Waals surface area contributed by atoms with E-state index in [0.717, 1.165) is 31.2 Å². The SMILES string of the molecule is O=C(NCc1ccc(Cl)cc1)NC1CCC(Nc2nc(N3CCOCC3)cc(-n3c(C(F)F)nc4ccccc43)n2)CC1. The van der Waals surface area contributed by atoms with Crippen molar-refractivity contribution >= 4 is 40.4 Å². The molecule has 2 aliphatic rings. The van der Waals surface area contributed by atoms with E-state index in [1.807, 2.05) is 12.1 Å². The van der Waals surface area contributed by atoms with E-state index >= 15 is 0 Å². The first-order chi connectivity index (χ1) is 20.9. The summed E-state index contributed by atoms with van der Waals surface area (Å²) in [6.45, 7) is 2.81. The highest BCUT2D eigenvalue weighted by atomic mass is 35.5. The standard InChI is InChI=1S/C30H33ClF2N8O2/c31-20-7-5-19(6-8-20)18-34-30(42)36-22-11-9-21(10-12-22)35-29-38-25(40-13-15-43-16-14-40)17-26(39-29)41-24-4-2-1-3-23(24)37-28(41)27(32)33/h1-8,17,21-22,27H,9-16,18H2,(H2,34,36,42)(H,35,38,39). The minimum atomic E-state index is -2.78. The van der Waals surface area contributed by atoms with Crippen molar-refractivity contribution in [2.24, 2.45) is 0 Å². The molecule has 10 nitrogen and oxygen atoms in total. The molecule has 0 atom stereocenters. The molecule has 3 heterocycles. The fourth-order valence-corrected chi connectivity index (χ4v) is 5.70. The molecule has 0 radical (unpaired) electrons. The minimum Gasteiger partial charge on any atom is -0.378 e. The second kappa shape index (κ2) is 13.1. The Hall–Kier alpha value is -4.03. The summed E-state index contributed by atoms with van der Waals surface area (Å²) in [7, 11) is 0. The van der Waals surface area contributed by atoms with Gasteiger partial charge in [-0.05, 0) is 55.5 Å². The van der Waals surface area contributed by atoms with Crippen molar-refractivity contribution in [2.75, 3.05) is 36.5 Å². The van der Waals surface area contributed by atoms with Gasteiger partial charge in [-0.25, -0.2) is 18.6 Å². The van der Waals surface area contributed by atoms with Gasteiger partial charge in [-0.3, -0.25) is 4.57 Å². The Morgan fingerprint density at radius 2 is 1.65 bits per heavy atom. The van der Waals surface area contributed by atoms with Crippen LogP contribution < -0.4 is 20.9 Å². The molecule has 2 aromatic heterocycles. The number of fused-ring (bicyclic) bond motifs is 1. The fourth-order valence-electron chi connectivity index (χ4n) is 5.57. The van der Waals surface area contributed by atoms with Gasteiger partial charge in [0.05, 0.1) is 24.2 Å². The number of rotatable bonds is 8. The van der Waals surface area contributed by atoms with Crippen LogP contribution >= 0.6 is 11.6 Å². The number of alkyl halides is 2. The number of imidazole rings is 1. The molecular weight excluding hydrogens is 578 g/mol. The predicted octanol–water partition coefficient (Wildman–Crippen LogP) is 5.47. The Bertz CT molecular complexity index is 1550. The molecule has 43 heavy (non-hydrogen) atoms. The van der Waals surface area contributed by atoms with Crippen LogP contribution in [0.15, 0.2) is 54.6 Å². The average Bonchev–Trinajstić information content (AvgIpc) is 3.42. The van der Waals surface area contributed by atoms with Gasteiger partial charge in [0.15, 0.2) is 5.82 Å². The molecule has 226 valence electrons. The van der Waals surface area contributed by atoms with Gasteiger partial charge < -0.3 is 25.6 Å². The van der Waals surface area contributed by atoms with Gasteiger partial charge in [-0.15, -0.1) is 0 Å². The topological polar surface area (TPSA) is 109 Å². The summed E-state index contributed by atoms with van der Waals surface area (Å²) < 4.78 is 35.2. The lowest BCUT2D eigenvalue weighted by Gasteiger charge is -2.31. The number of aromatic nitrogens is 4. The van der Waals surface area contributed by atoms with Gasteiger partial charge in [0.2, 0.25) is 5.95 Å². The molecule has 0 bridgehead atoms. The maximum atomic E-state index is 14.1. The molecule has 1 saturated heterocycles. The molecule has 1 saturated carbocycles. The van der Waals surface area contributed by atoms with E-state index in [2.05, 4.69) is 25.8 Å². The number of ether oxygens (including phenoxy) is 1. The first-order valence-electron chi connectivity index (χ1n) is 14.5. The van der Waals surface area contributed by atoms with Crippen LogP contribution in [0, 0.1) is 0 Å². The van der Waals surface area contributed by atoms with Crippen molar-refractivity contribution < 1.29 is 18.3 Å². The van der Waals surface area contributed by atoms with Crippen LogP contribution in [0.5, 0.6) is 0 Å². The van der Waals surface area contributed by atoms with Crippen molar-refractivity contribution in [3.05, 3.63) is 71.0 Å². The molecule has 1 aliphatic heterocycles. The highest BCUT2D eigenvalue weighted by molar-refractivity contribution is 6.30. The maximum Gasteiger partial charge on any atom is 0.315 e. The third-order valence-electron chi connectivity index (χ3n) is 7.81. The summed E-state index contributed by atoms with van der Waals surface area (Å²) in [5.41, 5.74) is 1.99. The lowest BCUT2D eigenvalue weighted by atomic mass is 9.91. The molecular formula is C30H33ClF2N8O2. The van der Waals surface area contributed by atoms with Crippen LogP contribution in [0.1, 0.15) is 43.5 Å². The number of morpholine rings is 1. The smallest absolute Gasteiger partial charge is 0.315 e. The molecule has 3 N–H and O–H groups in total. The number of nitrogens with zero attached hydrogens (tertiary/aromatic N) is 5. The highest BCUT2D eigenvalue weighted by Crippen LogP contribution is 2.30. The molecule has 0 unspecified atom stereocenters. The second-order valence-corrected chi connectivity index (χ2v) is 11.2. The number of urea groups is 1. The predicted molar refractivity (Wildman–Crippen MR) is 161 cm³/mol. The number of hydrogen-bond acceptors (Lipinski definition) is 7. The molecule has 4 aromatic rings. The average molecular weight is 611 g/mol. The summed E-state index contributed by atoms with van der Waals surface area (Å²) in [4.78, 5) is 28.2. The summed E-state index contributed by atoms with van der Waals surface area (Å²) in [6, 6.07) is 16.0. The lowest BCUT2D eigenvalue weighted by Crippen LogP contribution is -2.44. The van der Waals surface area contributed by atoms with Gasteiger partial charge in [-0.1, -0.05) is 35.9 Å². The number of para-hydroxylation sites is 2. The highest BCUT2D eigenvalue weighted by Gasteiger charge is 2.26. The first kappa shape index (κ1) is 29.1. The first-order valence-corrected chi connectivity index (χ1v) is 14.8. The van der Waals surface area contributed by atoms with Crippen molar-refractivity contribution in [1.82, 2.24) is 30.2 Å². The normalized spacial score (nSPS) is 19.0. The van der Waals surface area contributed by atoms with Crippen LogP contribution in [-0.4, -0.2) is 63.9 Å². The number of amides is 2. The molecule has 13 heteroatoms. The van der Waals surface area contributed by atoms with Crippen LogP contribution in [0.3, 0.4) is 0 Å². The third-order valence-corrected chi connectivity index (χ3v) is 8.06. The van der Waals surface area contributed by atoms with E-state index < -0.39 is 6.43 Å². The Morgan fingerprint density at radius 3 is 2.40 bits per heavy atom. The Kier molecular flexibility index (Phi) is 8.85. The molecule has 2 aromatic carbocycles. The Morgan fingerprint density at radius 1 is 0.953 bits per heavy atom. The number of benzene rings is 2. The van der Waals surface area contributed by atoms with Crippen LogP contribution in [0.2, 0.25) is 5.02 Å². The molecule has 0 spiro atoms. The number of nitrogens with one attached hydrogen (secondary N) is 3. The fraction of sp³-hybridized carbons (Fsp3) is 0.400. The van der Waals surface area contributed by atoms with Crippen LogP contribution in [-0.2, 0) is 11.3 Å². The summed E-state index contributed by atoms with van der Waals surface area (Å²) >= 11 is 5.93. The molecule has 1 aliphatic carbocycles. The van der Waals surface area contributed by atoms with Gasteiger partial charge in [-0.2, -0.15) is 9.97 Å². The molecule has 6 rings (SSSR count). The van der Waals surface area contributed by atoms with Gasteiger partial charge >= 0.3 is 6.03 Å². The van der Waals surface area contributed by atoms with E-state index in [9.17, 15) is 13.6 Å². The van der Waals surface area contributed by atoms with Crippen LogP contribution in [0.4, 0.5) is 25.3 Å². The number of halogens is 3. The van der Waals surface area contributed by atoms with Crippen molar-refractivity contribution in [3.63, 3.8) is 0 Å². The van der Waals surface area contributed by atoms with Crippen molar-refractivity contribution in [3.8, 4) is 5.82 Å². The number of carbonyl (C=O) groups excluding carboxylic acids is 1. The van der Waals surface area contributed by atoms with Crippen molar-refractivity contribution in [2.45, 2.75) is 50.7 Å². The van der Waals surface area contributed by atoms with Crippen molar-refractivity contribution in [1.29, 1.82) is 0 Å². The van der Waals surface area contributed by atoms with Gasteiger partial charge in [0, 0.05) is 42.8 Å². The maximum absolute atomic E-state index is 14.1. The Balaban J connectivity index is 1.15. The van der Waals surface area contributed by atoms with Gasteiger partial charge in [0.1, 0.15) is 11.6 Å². The zero-order chi connectivity index (χ0) is 29.8. The molecule has 2 amide bonds. The summed E-state index contributed by atoms with van der Waals surface area (Å²) in [5.74, 6) is 0.978. The zero-order valence-electron chi connectivity index (χ0n) is 23.5. The van der Waals surface area contributed by atoms with E-state index in [-0.39, 0.29) is 23.9 Å². The largest absolute Gasteiger partial charge is 0.378 e. The van der Waals surface area contributed by atoms with E-state index in [0.29, 0.717) is 66.5 Å². The van der Waals surface area contributed by atoms with Crippen LogP contribution in [0.25, 0.3) is 16.9 Å². The monoisotopic (exact) mass is 610 g/mol. The molecule has 2 fully saturated rings. The number of anilines is 2. The Labute approximate surface area is 252 Å². The lowest BCUT2D eigenvalue weighted by molar-refractivity contribution is 0.122. The van der Waals surface area contributed by atoms with E-state index in [1.54, 1.807) is 42.5 Å². The van der Waals surface area contributed by atoms with E-state index in [1.165, 1.54) is 4.57 Å². The van der Waals surface area contributed by atoms with E-state index in [4.69, 9.17) is 26.3 Å².